The van der Waals surface area contributed by atoms with Crippen LogP contribution in [-0.2, 0) is 7.05 Å². The van der Waals surface area contributed by atoms with E-state index in [-0.39, 0.29) is 5.91 Å². The molecule has 0 saturated carbocycles. The van der Waals surface area contributed by atoms with Crippen molar-refractivity contribution >= 4 is 51.2 Å². The van der Waals surface area contributed by atoms with E-state index in [0.29, 0.717) is 16.8 Å². The minimum Gasteiger partial charge on any atom is -0.357 e. The van der Waals surface area contributed by atoms with Gasteiger partial charge in [0.1, 0.15) is 11.6 Å². The first-order chi connectivity index (χ1) is 17.0. The molecule has 1 spiro atoms. The van der Waals surface area contributed by atoms with Gasteiger partial charge in [0, 0.05) is 96.6 Å². The van der Waals surface area contributed by atoms with Gasteiger partial charge in [-0.1, -0.05) is 12.1 Å². The number of aromatic nitrogens is 4. The van der Waals surface area contributed by atoms with Crippen molar-refractivity contribution in [2.45, 2.75) is 12.8 Å². The second-order valence-electron chi connectivity index (χ2n) is 9.66. The van der Waals surface area contributed by atoms with Gasteiger partial charge in [-0.15, -0.1) is 0 Å². The number of hydrogen-bond donors (Lipinski definition) is 1. The van der Waals surface area contributed by atoms with Crippen LogP contribution in [0.1, 0.15) is 23.2 Å². The first-order valence-electron chi connectivity index (χ1n) is 11.8. The van der Waals surface area contributed by atoms with E-state index < -0.39 is 0 Å². The molecular weight excluding hydrogens is 553 g/mol. The highest BCUT2D eigenvalue weighted by Gasteiger charge is 2.44. The summed E-state index contributed by atoms with van der Waals surface area (Å²) in [7, 11) is 1.90. The number of fused-ring (bicyclic) bond motifs is 1. The SMILES string of the molecule is Cn1cc(-c2ccc3cnc(NC(=O)c4ccnc(N5CCC6(CC5)CN(I)C6)c4)cc3c2)cn1. The Morgan fingerprint density at radius 2 is 1.83 bits per heavy atom. The fourth-order valence-electron chi connectivity index (χ4n) is 5.09. The minimum atomic E-state index is -0.183. The van der Waals surface area contributed by atoms with Crippen molar-refractivity contribution in [3.05, 3.63) is 66.7 Å². The number of nitrogens with zero attached hydrogens (tertiary/aromatic N) is 6. The van der Waals surface area contributed by atoms with Crippen LogP contribution in [0, 0.1) is 5.41 Å². The number of amides is 1. The average molecular weight is 579 g/mol. The van der Waals surface area contributed by atoms with Gasteiger partial charge in [0.05, 0.1) is 6.20 Å². The lowest BCUT2D eigenvalue weighted by Crippen LogP contribution is -2.56. The monoisotopic (exact) mass is 579 g/mol. The maximum Gasteiger partial charge on any atom is 0.257 e. The number of aryl methyl sites for hydroxylation is 1. The Morgan fingerprint density at radius 1 is 1.00 bits per heavy atom. The molecule has 1 N–H and O–H groups in total. The molecule has 2 fully saturated rings. The minimum absolute atomic E-state index is 0.183. The summed E-state index contributed by atoms with van der Waals surface area (Å²) in [5.74, 6) is 1.21. The van der Waals surface area contributed by atoms with Crippen LogP contribution in [0.25, 0.3) is 21.9 Å². The molecule has 8 nitrogen and oxygen atoms in total. The number of anilines is 2. The third kappa shape index (κ3) is 4.50. The van der Waals surface area contributed by atoms with Gasteiger partial charge in [0.25, 0.3) is 5.91 Å². The summed E-state index contributed by atoms with van der Waals surface area (Å²) < 4.78 is 4.14. The van der Waals surface area contributed by atoms with Crippen molar-refractivity contribution in [1.82, 2.24) is 22.9 Å². The van der Waals surface area contributed by atoms with E-state index in [4.69, 9.17) is 0 Å². The van der Waals surface area contributed by atoms with E-state index in [0.717, 1.165) is 40.8 Å². The van der Waals surface area contributed by atoms with Gasteiger partial charge in [-0.2, -0.15) is 5.10 Å². The summed E-state index contributed by atoms with van der Waals surface area (Å²) in [5, 5.41) is 9.24. The molecule has 4 aromatic rings. The number of piperidine rings is 1. The number of carbonyl (C=O) groups is 1. The molecule has 3 aromatic heterocycles. The van der Waals surface area contributed by atoms with Crippen LogP contribution < -0.4 is 10.2 Å². The molecule has 35 heavy (non-hydrogen) atoms. The molecule has 178 valence electrons. The second kappa shape index (κ2) is 8.87. The van der Waals surface area contributed by atoms with Crippen LogP contribution in [0.3, 0.4) is 0 Å². The van der Waals surface area contributed by atoms with E-state index in [1.54, 1.807) is 23.1 Å². The predicted molar refractivity (Wildman–Crippen MR) is 146 cm³/mol. The molecule has 0 unspecified atom stereocenters. The first-order valence-corrected chi connectivity index (χ1v) is 12.7. The van der Waals surface area contributed by atoms with Crippen LogP contribution >= 0.6 is 22.9 Å². The van der Waals surface area contributed by atoms with E-state index in [2.05, 4.69) is 63.4 Å². The Bertz CT molecular complexity index is 1400. The molecular formula is C26H26IN7O. The highest BCUT2D eigenvalue weighted by atomic mass is 127. The smallest absolute Gasteiger partial charge is 0.257 e. The molecule has 9 heteroatoms. The lowest BCUT2D eigenvalue weighted by Gasteiger charge is -2.51. The van der Waals surface area contributed by atoms with Gasteiger partial charge < -0.3 is 10.2 Å². The van der Waals surface area contributed by atoms with Gasteiger partial charge in [-0.25, -0.2) is 13.1 Å². The Morgan fingerprint density at radius 3 is 2.57 bits per heavy atom. The lowest BCUT2D eigenvalue weighted by atomic mass is 9.73. The van der Waals surface area contributed by atoms with E-state index in [9.17, 15) is 4.79 Å². The van der Waals surface area contributed by atoms with Crippen LogP contribution in [0.2, 0.25) is 0 Å². The summed E-state index contributed by atoms with van der Waals surface area (Å²) in [6.45, 7) is 4.32. The fourth-order valence-corrected chi connectivity index (χ4v) is 6.54. The summed E-state index contributed by atoms with van der Waals surface area (Å²) in [4.78, 5) is 24.4. The van der Waals surface area contributed by atoms with Gasteiger partial charge in [0.2, 0.25) is 0 Å². The number of nitrogens with one attached hydrogen (secondary N) is 1. The average Bonchev–Trinajstić information content (AvgIpc) is 3.29. The quantitative estimate of drug-likeness (QED) is 0.283. The molecule has 6 rings (SSSR count). The van der Waals surface area contributed by atoms with Crippen molar-refractivity contribution in [1.29, 1.82) is 0 Å². The summed E-state index contributed by atoms with van der Waals surface area (Å²) in [6.07, 6.45) is 9.69. The van der Waals surface area contributed by atoms with E-state index >= 15 is 0 Å². The highest BCUT2D eigenvalue weighted by molar-refractivity contribution is 14.1. The van der Waals surface area contributed by atoms with Gasteiger partial charge in [-0.05, 0) is 48.1 Å². The second-order valence-corrected chi connectivity index (χ2v) is 11.0. The van der Waals surface area contributed by atoms with Crippen LogP contribution in [0.4, 0.5) is 11.6 Å². The lowest BCUT2D eigenvalue weighted by molar-refractivity contribution is 0.0653. The van der Waals surface area contributed by atoms with Crippen molar-refractivity contribution in [2.75, 3.05) is 36.4 Å². The number of rotatable bonds is 4. The standard InChI is InChI=1S/C26H26IN7O/c1-32-15-22(14-30-32)18-2-3-20-13-29-23(11-21(20)10-18)31-25(35)19-4-7-28-24(12-19)33-8-5-26(6-9-33)16-34(27)17-26/h2-4,7,10-15H,5-6,8-9,16-17H2,1H3,(H,29,31,35). The van der Waals surface area contributed by atoms with Crippen molar-refractivity contribution < 1.29 is 4.79 Å². The Hall–Kier alpha value is -3.05. The zero-order valence-corrected chi connectivity index (χ0v) is 21.6. The van der Waals surface area contributed by atoms with Gasteiger partial charge in [-0.3, -0.25) is 9.48 Å². The number of benzene rings is 1. The van der Waals surface area contributed by atoms with E-state index in [1.165, 1.54) is 25.9 Å². The van der Waals surface area contributed by atoms with Crippen molar-refractivity contribution in [2.24, 2.45) is 12.5 Å². The van der Waals surface area contributed by atoms with Crippen LogP contribution in [-0.4, -0.2) is 54.9 Å². The van der Waals surface area contributed by atoms with Crippen molar-refractivity contribution in [3.8, 4) is 11.1 Å². The first kappa shape index (κ1) is 22.4. The van der Waals surface area contributed by atoms with Crippen LogP contribution in [0.5, 0.6) is 0 Å². The zero-order valence-electron chi connectivity index (χ0n) is 19.5. The number of pyridine rings is 2. The molecule has 0 bridgehead atoms. The summed E-state index contributed by atoms with van der Waals surface area (Å²) in [6, 6.07) is 11.7. The van der Waals surface area contributed by atoms with Gasteiger partial charge in [0.15, 0.2) is 0 Å². The predicted octanol–water partition coefficient (Wildman–Crippen LogP) is 4.53. The Balaban J connectivity index is 1.17. The number of halogens is 1. The normalized spacial score (nSPS) is 17.5. The molecule has 2 aliphatic heterocycles. The maximum absolute atomic E-state index is 13.1. The molecule has 0 aliphatic carbocycles. The van der Waals surface area contributed by atoms with Crippen LogP contribution in [0.15, 0.2) is 61.2 Å². The number of hydrogen-bond acceptors (Lipinski definition) is 6. The molecule has 0 radical (unpaired) electrons. The van der Waals surface area contributed by atoms with Gasteiger partial charge >= 0.3 is 0 Å². The molecule has 5 heterocycles. The van der Waals surface area contributed by atoms with E-state index in [1.807, 2.05) is 37.6 Å². The number of carbonyl (C=O) groups excluding carboxylic acids is 1. The molecule has 2 saturated heterocycles. The molecule has 1 aromatic carbocycles. The third-order valence-corrected chi connectivity index (χ3v) is 7.85. The molecule has 2 aliphatic rings. The summed E-state index contributed by atoms with van der Waals surface area (Å²) >= 11 is 2.41. The maximum atomic E-state index is 13.1. The molecule has 0 atom stereocenters. The summed E-state index contributed by atoms with van der Waals surface area (Å²) in [5.41, 5.74) is 3.19. The van der Waals surface area contributed by atoms with Crippen molar-refractivity contribution in [3.63, 3.8) is 0 Å². The highest BCUT2D eigenvalue weighted by Crippen LogP contribution is 2.42. The Kier molecular flexibility index (Phi) is 5.68. The zero-order chi connectivity index (χ0) is 24.0. The fraction of sp³-hybridized carbons (Fsp3) is 0.308. The third-order valence-electron chi connectivity index (χ3n) is 7.17. The topological polar surface area (TPSA) is 79.2 Å². The molecule has 1 amide bonds. The largest absolute Gasteiger partial charge is 0.357 e. The Labute approximate surface area is 217 Å².